The molecule has 0 aromatic rings. The zero-order valence-corrected chi connectivity index (χ0v) is 8.00. The van der Waals surface area contributed by atoms with Gasteiger partial charge in [-0.05, 0) is 19.3 Å². The van der Waals surface area contributed by atoms with E-state index >= 15 is 0 Å². The van der Waals surface area contributed by atoms with Crippen LogP contribution in [0.4, 0.5) is 0 Å². The molecule has 0 saturated carbocycles. The average molecular weight is 147 g/mol. The Morgan fingerprint density at radius 2 is 2.40 bits per heavy atom. The minimum atomic E-state index is -0.389. The van der Waals surface area contributed by atoms with E-state index < -0.39 is 0 Å². The van der Waals surface area contributed by atoms with Gasteiger partial charge >= 0.3 is 29.6 Å². The second-order valence-electron chi connectivity index (χ2n) is 1.51. The Morgan fingerprint density at radius 1 is 1.70 bits per heavy atom. The van der Waals surface area contributed by atoms with E-state index in [4.69, 9.17) is 0 Å². The topological polar surface area (TPSA) is 44.6 Å². The molecule has 48 valence electrons. The number of allylic oxidation sites excluding steroid dienone is 2. The number of rotatable bonds is 1. The summed E-state index contributed by atoms with van der Waals surface area (Å²) in [6.07, 6.45) is 4.84. The largest absolute Gasteiger partial charge is 1.00 e. The molecule has 0 amide bonds. The van der Waals surface area contributed by atoms with Crippen LogP contribution in [0.2, 0.25) is 0 Å². The van der Waals surface area contributed by atoms with Gasteiger partial charge in [0.1, 0.15) is 0 Å². The van der Waals surface area contributed by atoms with E-state index in [1.807, 2.05) is 0 Å². The van der Waals surface area contributed by atoms with Crippen molar-refractivity contribution >= 4 is 6.21 Å². The smallest absolute Gasteiger partial charge is 0.615 e. The van der Waals surface area contributed by atoms with Crippen molar-refractivity contribution < 1.29 is 39.4 Å². The van der Waals surface area contributed by atoms with E-state index in [0.29, 0.717) is 5.70 Å². The van der Waals surface area contributed by atoms with Crippen LogP contribution in [-0.2, 0) is 4.74 Å². The van der Waals surface area contributed by atoms with Gasteiger partial charge in [0.2, 0.25) is 0 Å². The second kappa shape index (κ2) is 4.55. The number of aliphatic imine (C=N–C) groups is 1. The molecule has 0 saturated heterocycles. The Morgan fingerprint density at radius 3 is 2.80 bits per heavy atom. The van der Waals surface area contributed by atoms with Crippen molar-refractivity contribution in [1.82, 2.24) is 0 Å². The molecule has 0 aromatic carbocycles. The standard InChI is InChI=1S/C6H7NO2.Na/c1-9-6(8)5-3-2-4-7-5;/h2-4,8H,1H3;/q;+1/p-1. The van der Waals surface area contributed by atoms with Gasteiger partial charge < -0.3 is 9.84 Å². The zero-order valence-electron chi connectivity index (χ0n) is 6.00. The van der Waals surface area contributed by atoms with Crippen molar-refractivity contribution in [1.29, 1.82) is 0 Å². The predicted molar refractivity (Wildman–Crippen MR) is 31.7 cm³/mol. The Balaban J connectivity index is 0.000000810. The molecule has 0 bridgehead atoms. The summed E-state index contributed by atoms with van der Waals surface area (Å²) in [6, 6.07) is 0. The normalized spacial score (nSPS) is 18.5. The van der Waals surface area contributed by atoms with E-state index in [2.05, 4.69) is 9.73 Å². The summed E-state index contributed by atoms with van der Waals surface area (Å²) in [5.41, 5.74) is 0.359. The average Bonchev–Trinajstić information content (AvgIpc) is 2.37. The van der Waals surface area contributed by atoms with Gasteiger partial charge in [-0.15, -0.1) is 0 Å². The van der Waals surface area contributed by atoms with Gasteiger partial charge in [-0.1, -0.05) is 0 Å². The molecule has 0 N–H and O–H groups in total. The van der Waals surface area contributed by atoms with Crippen LogP contribution in [0.1, 0.15) is 0 Å². The van der Waals surface area contributed by atoms with Gasteiger partial charge in [0, 0.05) is 6.21 Å². The fraction of sp³-hybridized carbons (Fsp3) is 0.167. The first kappa shape index (κ1) is 9.75. The van der Waals surface area contributed by atoms with E-state index in [-0.39, 0.29) is 35.5 Å². The molecular formula is C6H6NNaO2. The van der Waals surface area contributed by atoms with Crippen molar-refractivity contribution in [2.45, 2.75) is 0 Å². The molecule has 0 aromatic heterocycles. The molecule has 4 heteroatoms. The molecule has 0 aliphatic carbocycles. The monoisotopic (exact) mass is 147 g/mol. The summed E-state index contributed by atoms with van der Waals surface area (Å²) in [5, 5.41) is 10.6. The van der Waals surface area contributed by atoms with Crippen molar-refractivity contribution in [3.63, 3.8) is 0 Å². The van der Waals surface area contributed by atoms with Crippen LogP contribution in [0.15, 0.2) is 28.8 Å². The third kappa shape index (κ3) is 2.17. The molecule has 3 nitrogen and oxygen atoms in total. The Kier molecular flexibility index (Phi) is 4.43. The molecule has 0 fully saturated rings. The minimum Gasteiger partial charge on any atom is -0.615 e. The summed E-state index contributed by atoms with van der Waals surface area (Å²) in [7, 11) is 1.33. The third-order valence-electron chi connectivity index (χ3n) is 0.948. The van der Waals surface area contributed by atoms with Crippen molar-refractivity contribution in [3.05, 3.63) is 23.8 Å². The van der Waals surface area contributed by atoms with E-state index in [9.17, 15) is 5.11 Å². The van der Waals surface area contributed by atoms with Gasteiger partial charge in [-0.25, -0.2) is 0 Å². The fourth-order valence-electron chi connectivity index (χ4n) is 0.526. The summed E-state index contributed by atoms with van der Waals surface area (Å²) in [6.45, 7) is 0. The summed E-state index contributed by atoms with van der Waals surface area (Å²) in [4.78, 5) is 3.71. The molecule has 10 heavy (non-hydrogen) atoms. The van der Waals surface area contributed by atoms with Gasteiger partial charge in [0.05, 0.1) is 11.6 Å². The molecule has 0 radical (unpaired) electrons. The maximum Gasteiger partial charge on any atom is 1.00 e. The number of nitrogens with zero attached hydrogens (tertiary/aromatic N) is 1. The Labute approximate surface area is 81.4 Å². The molecule has 1 rings (SSSR count). The third-order valence-corrected chi connectivity index (χ3v) is 0.948. The van der Waals surface area contributed by atoms with Crippen LogP contribution >= 0.6 is 0 Å². The van der Waals surface area contributed by atoms with Crippen LogP contribution in [-0.4, -0.2) is 13.3 Å². The van der Waals surface area contributed by atoms with E-state index in [0.717, 1.165) is 0 Å². The van der Waals surface area contributed by atoms with Crippen molar-refractivity contribution in [2.24, 2.45) is 4.99 Å². The molecule has 1 aliphatic rings. The van der Waals surface area contributed by atoms with Crippen molar-refractivity contribution in [2.75, 3.05) is 7.11 Å². The Bertz CT molecular complexity index is 182. The quantitative estimate of drug-likeness (QED) is 0.290. The first-order valence-corrected chi connectivity index (χ1v) is 2.50. The molecule has 0 unspecified atom stereocenters. The van der Waals surface area contributed by atoms with Crippen LogP contribution in [0, 0.1) is 0 Å². The summed E-state index contributed by atoms with van der Waals surface area (Å²) in [5.74, 6) is -0.389. The summed E-state index contributed by atoms with van der Waals surface area (Å²) < 4.78 is 4.39. The predicted octanol–water partition coefficient (Wildman–Crippen LogP) is -3.19. The number of hydrogen-bond donors (Lipinski definition) is 0. The van der Waals surface area contributed by atoms with Crippen LogP contribution < -0.4 is 34.7 Å². The van der Waals surface area contributed by atoms with E-state index in [1.54, 1.807) is 18.4 Å². The van der Waals surface area contributed by atoms with Gasteiger partial charge in [-0.3, -0.25) is 4.99 Å². The molecule has 1 heterocycles. The molecule has 0 spiro atoms. The van der Waals surface area contributed by atoms with Gasteiger partial charge in [0.25, 0.3) is 0 Å². The van der Waals surface area contributed by atoms with Crippen molar-refractivity contribution in [3.8, 4) is 0 Å². The molecule has 1 aliphatic heterocycles. The first-order valence-electron chi connectivity index (χ1n) is 2.50. The summed E-state index contributed by atoms with van der Waals surface area (Å²) >= 11 is 0. The maximum absolute atomic E-state index is 10.6. The van der Waals surface area contributed by atoms with Crippen LogP contribution in [0.25, 0.3) is 0 Å². The Hall–Kier alpha value is -0.250. The molecular weight excluding hydrogens is 141 g/mol. The first-order chi connectivity index (χ1) is 4.34. The maximum atomic E-state index is 10.6. The number of hydrogen-bond acceptors (Lipinski definition) is 3. The van der Waals surface area contributed by atoms with Crippen LogP contribution in [0.5, 0.6) is 0 Å². The van der Waals surface area contributed by atoms with Gasteiger partial charge in [0.15, 0.2) is 0 Å². The fourth-order valence-corrected chi connectivity index (χ4v) is 0.526. The minimum absolute atomic E-state index is 0. The molecule has 0 atom stereocenters. The SMILES string of the molecule is COC([O-])=C1C=CC=N1.[Na+]. The van der Waals surface area contributed by atoms with Crippen LogP contribution in [0.3, 0.4) is 0 Å². The number of methoxy groups -OCH3 is 1. The van der Waals surface area contributed by atoms with E-state index in [1.165, 1.54) is 7.11 Å². The zero-order chi connectivity index (χ0) is 6.69. The van der Waals surface area contributed by atoms with Gasteiger partial charge in [-0.2, -0.15) is 0 Å². The number of ether oxygens (including phenoxy) is 1. The second-order valence-corrected chi connectivity index (χ2v) is 1.51.